The van der Waals surface area contributed by atoms with Crippen LogP contribution in [0, 0.1) is 12.7 Å². The molecule has 0 saturated carbocycles. The minimum atomic E-state index is -3.57. The molecule has 9 heteroatoms. The molecule has 2 aliphatic rings. The number of anilines is 1. The van der Waals surface area contributed by atoms with E-state index in [1.54, 1.807) is 26.2 Å². The van der Waals surface area contributed by atoms with Gasteiger partial charge in [-0.05, 0) is 50.3 Å². The van der Waals surface area contributed by atoms with E-state index in [0.717, 1.165) is 54.9 Å². The van der Waals surface area contributed by atoms with Crippen LogP contribution in [0.15, 0.2) is 24.3 Å². The number of aromatic nitrogens is 2. The van der Waals surface area contributed by atoms with E-state index >= 15 is 0 Å². The molecular weight excluding hydrogens is 417 g/mol. The quantitative estimate of drug-likeness (QED) is 0.704. The van der Waals surface area contributed by atoms with E-state index in [0.29, 0.717) is 25.3 Å². The van der Waals surface area contributed by atoms with Crippen molar-refractivity contribution >= 4 is 16.0 Å². The zero-order chi connectivity index (χ0) is 22.2. The summed E-state index contributed by atoms with van der Waals surface area (Å²) in [6.07, 6.45) is 4.35. The van der Waals surface area contributed by atoms with Gasteiger partial charge in [0.1, 0.15) is 17.5 Å². The number of nitrogens with zero attached hydrogens (tertiary/aromatic N) is 5. The summed E-state index contributed by atoms with van der Waals surface area (Å²) in [5, 5.41) is 0. The number of aryl methyl sites for hydroxylation is 1. The van der Waals surface area contributed by atoms with Gasteiger partial charge in [0.05, 0.1) is 6.04 Å². The molecule has 0 radical (unpaired) electrons. The molecule has 0 unspecified atom stereocenters. The summed E-state index contributed by atoms with van der Waals surface area (Å²) in [5.74, 6) is 1.17. The summed E-state index contributed by atoms with van der Waals surface area (Å²) in [6, 6.07) is 6.26. The van der Waals surface area contributed by atoms with Gasteiger partial charge in [-0.15, -0.1) is 0 Å². The Morgan fingerprint density at radius 2 is 1.97 bits per heavy atom. The first kappa shape index (κ1) is 22.1. The van der Waals surface area contributed by atoms with Crippen LogP contribution in [0.3, 0.4) is 0 Å². The third kappa shape index (κ3) is 4.44. The molecule has 0 spiro atoms. The second-order valence-electron chi connectivity index (χ2n) is 8.54. The first-order valence-electron chi connectivity index (χ1n) is 10.8. The van der Waals surface area contributed by atoms with E-state index in [1.807, 2.05) is 13.0 Å². The van der Waals surface area contributed by atoms with Crippen LogP contribution in [0.2, 0.25) is 0 Å². The third-order valence-corrected chi connectivity index (χ3v) is 8.09. The highest BCUT2D eigenvalue weighted by molar-refractivity contribution is 7.86. The molecule has 0 amide bonds. The molecule has 0 aliphatic carbocycles. The standard InChI is InChI=1S/C22H30FN5O2S/c1-16-19-10-7-12-27(15-17-8-6-9-18(23)14-17)22(19)25-21(24-16)20-11-4-5-13-28(20)31(29,30)26(2)3/h6,8-9,14,20H,4-5,7,10-13,15H2,1-3H3/t20-/m1/s1. The molecule has 3 heterocycles. The first-order valence-corrected chi connectivity index (χ1v) is 12.2. The Hall–Kier alpha value is -2.10. The molecule has 0 bridgehead atoms. The molecule has 4 rings (SSSR count). The minimum absolute atomic E-state index is 0.249. The largest absolute Gasteiger partial charge is 0.352 e. The highest BCUT2D eigenvalue weighted by Crippen LogP contribution is 2.35. The fraction of sp³-hybridized carbons (Fsp3) is 0.545. The first-order chi connectivity index (χ1) is 14.8. The summed E-state index contributed by atoms with van der Waals surface area (Å²) in [6.45, 7) is 3.83. The number of piperidine rings is 1. The molecule has 1 fully saturated rings. The maximum Gasteiger partial charge on any atom is 0.282 e. The van der Waals surface area contributed by atoms with Gasteiger partial charge in [-0.25, -0.2) is 14.4 Å². The van der Waals surface area contributed by atoms with Crippen molar-refractivity contribution in [1.82, 2.24) is 18.6 Å². The Kier molecular flexibility index (Phi) is 6.27. The zero-order valence-corrected chi connectivity index (χ0v) is 19.2. The fourth-order valence-electron chi connectivity index (χ4n) is 4.52. The smallest absolute Gasteiger partial charge is 0.282 e. The normalized spacial score (nSPS) is 20.2. The van der Waals surface area contributed by atoms with E-state index in [-0.39, 0.29) is 11.9 Å². The molecule has 2 aromatic rings. The lowest BCUT2D eigenvalue weighted by molar-refractivity contribution is 0.234. The molecule has 7 nitrogen and oxygen atoms in total. The average molecular weight is 448 g/mol. The Labute approximate surface area is 184 Å². The van der Waals surface area contributed by atoms with Gasteiger partial charge in [-0.1, -0.05) is 18.6 Å². The second-order valence-corrected chi connectivity index (χ2v) is 10.6. The van der Waals surface area contributed by atoms with Gasteiger partial charge in [0.25, 0.3) is 10.2 Å². The van der Waals surface area contributed by atoms with Gasteiger partial charge in [0.2, 0.25) is 0 Å². The molecule has 1 saturated heterocycles. The number of rotatable bonds is 5. The molecule has 1 aromatic heterocycles. The second kappa shape index (κ2) is 8.80. The van der Waals surface area contributed by atoms with Crippen LogP contribution in [0.4, 0.5) is 10.2 Å². The van der Waals surface area contributed by atoms with Crippen molar-refractivity contribution in [2.24, 2.45) is 0 Å². The highest BCUT2D eigenvalue weighted by Gasteiger charge is 2.37. The summed E-state index contributed by atoms with van der Waals surface area (Å²) < 4.78 is 42.4. The van der Waals surface area contributed by atoms with Crippen LogP contribution in [0.1, 0.15) is 54.4 Å². The molecule has 1 aromatic carbocycles. The molecule has 31 heavy (non-hydrogen) atoms. The Bertz CT molecular complexity index is 1060. The minimum Gasteiger partial charge on any atom is -0.352 e. The fourth-order valence-corrected chi connectivity index (χ4v) is 5.82. The zero-order valence-electron chi connectivity index (χ0n) is 18.4. The molecular formula is C22H30FN5O2S. The van der Waals surface area contributed by atoms with E-state index in [2.05, 4.69) is 4.90 Å². The van der Waals surface area contributed by atoms with Crippen molar-refractivity contribution in [1.29, 1.82) is 0 Å². The van der Waals surface area contributed by atoms with E-state index in [1.165, 1.54) is 14.7 Å². The van der Waals surface area contributed by atoms with Crippen LogP contribution in [0.25, 0.3) is 0 Å². The van der Waals surface area contributed by atoms with Crippen molar-refractivity contribution < 1.29 is 12.8 Å². The van der Waals surface area contributed by atoms with E-state index in [9.17, 15) is 12.8 Å². The maximum absolute atomic E-state index is 13.7. The number of halogens is 1. The average Bonchev–Trinajstić information content (AvgIpc) is 2.74. The maximum atomic E-state index is 13.7. The molecule has 0 N–H and O–H groups in total. The van der Waals surface area contributed by atoms with Crippen LogP contribution in [0.5, 0.6) is 0 Å². The van der Waals surface area contributed by atoms with Crippen molar-refractivity contribution in [3.8, 4) is 0 Å². The lowest BCUT2D eigenvalue weighted by Crippen LogP contribution is -2.45. The topological polar surface area (TPSA) is 69.6 Å². The van der Waals surface area contributed by atoms with E-state index < -0.39 is 10.2 Å². The van der Waals surface area contributed by atoms with Crippen LogP contribution in [-0.2, 0) is 23.2 Å². The Balaban J connectivity index is 1.71. The van der Waals surface area contributed by atoms with Gasteiger partial charge < -0.3 is 4.90 Å². The summed E-state index contributed by atoms with van der Waals surface area (Å²) in [4.78, 5) is 11.8. The predicted octanol–water partition coefficient (Wildman–Crippen LogP) is 3.21. The predicted molar refractivity (Wildman–Crippen MR) is 118 cm³/mol. The summed E-state index contributed by atoms with van der Waals surface area (Å²) in [5.41, 5.74) is 2.89. The van der Waals surface area contributed by atoms with Crippen LogP contribution in [-0.4, -0.2) is 54.2 Å². The Morgan fingerprint density at radius 1 is 1.16 bits per heavy atom. The van der Waals surface area contributed by atoms with Gasteiger partial charge in [0.15, 0.2) is 0 Å². The van der Waals surface area contributed by atoms with Gasteiger partial charge >= 0.3 is 0 Å². The van der Waals surface area contributed by atoms with Gasteiger partial charge in [-0.2, -0.15) is 17.0 Å². The van der Waals surface area contributed by atoms with Crippen molar-refractivity contribution in [3.63, 3.8) is 0 Å². The van der Waals surface area contributed by atoms with E-state index in [4.69, 9.17) is 9.97 Å². The SMILES string of the molecule is Cc1nc([C@H]2CCCCN2S(=O)(=O)N(C)C)nc2c1CCCN2Cc1cccc(F)c1. The number of benzene rings is 1. The number of fused-ring (bicyclic) bond motifs is 1. The van der Waals surface area contributed by atoms with Crippen LogP contribution >= 0.6 is 0 Å². The third-order valence-electron chi connectivity index (χ3n) is 6.14. The monoisotopic (exact) mass is 447 g/mol. The number of hydrogen-bond donors (Lipinski definition) is 0. The van der Waals surface area contributed by atoms with Crippen molar-refractivity contribution in [2.75, 3.05) is 32.1 Å². The van der Waals surface area contributed by atoms with Gasteiger partial charge in [0, 0.05) is 45.0 Å². The number of hydrogen-bond acceptors (Lipinski definition) is 5. The van der Waals surface area contributed by atoms with Crippen molar-refractivity contribution in [3.05, 3.63) is 52.7 Å². The highest BCUT2D eigenvalue weighted by atomic mass is 32.2. The molecule has 2 aliphatic heterocycles. The lowest BCUT2D eigenvalue weighted by atomic mass is 10.0. The summed E-state index contributed by atoms with van der Waals surface area (Å²) >= 11 is 0. The summed E-state index contributed by atoms with van der Waals surface area (Å²) in [7, 11) is -0.454. The Morgan fingerprint density at radius 3 is 2.71 bits per heavy atom. The lowest BCUT2D eigenvalue weighted by Gasteiger charge is -2.37. The van der Waals surface area contributed by atoms with Crippen molar-refractivity contribution in [2.45, 2.75) is 51.6 Å². The van der Waals surface area contributed by atoms with Crippen LogP contribution < -0.4 is 4.90 Å². The molecule has 168 valence electrons. The molecule has 1 atom stereocenters. The van der Waals surface area contributed by atoms with Gasteiger partial charge in [-0.3, -0.25) is 0 Å².